The van der Waals surface area contributed by atoms with Gasteiger partial charge in [-0.1, -0.05) is 17.3 Å². The van der Waals surface area contributed by atoms with Crippen LogP contribution in [0, 0.1) is 17.0 Å². The zero-order chi connectivity index (χ0) is 18.1. The van der Waals surface area contributed by atoms with Crippen molar-refractivity contribution in [3.63, 3.8) is 0 Å². The molecule has 0 saturated heterocycles. The van der Waals surface area contributed by atoms with Crippen molar-refractivity contribution in [2.45, 2.75) is 32.8 Å². The maximum atomic E-state index is 11.0. The number of benzene rings is 2. The highest BCUT2D eigenvalue weighted by atomic mass is 16.6. The molecule has 1 heterocycles. The highest BCUT2D eigenvalue weighted by molar-refractivity contribution is 5.48. The van der Waals surface area contributed by atoms with Crippen LogP contribution in [0.15, 0.2) is 42.6 Å². The molecule has 0 amide bonds. The summed E-state index contributed by atoms with van der Waals surface area (Å²) >= 11 is 0. The topological polar surface area (TPSA) is 83.1 Å². The van der Waals surface area contributed by atoms with E-state index >= 15 is 0 Å². The Hall–Kier alpha value is -3.22. The molecule has 2 aromatic carbocycles. The zero-order valence-electron chi connectivity index (χ0n) is 14.4. The third kappa shape index (κ3) is 3.15. The molecule has 0 unspecified atom stereocenters. The molecule has 7 nitrogen and oxygen atoms in total. The maximum absolute atomic E-state index is 11.0. The van der Waals surface area contributed by atoms with Gasteiger partial charge in [-0.15, -0.1) is 5.10 Å². The first kappa shape index (κ1) is 16.3. The second-order valence-corrected chi connectivity index (χ2v) is 6.46. The summed E-state index contributed by atoms with van der Waals surface area (Å²) in [5.41, 5.74) is 4.97. The van der Waals surface area contributed by atoms with Crippen LogP contribution in [-0.4, -0.2) is 19.9 Å². The molecule has 1 aliphatic rings. The molecule has 26 heavy (non-hydrogen) atoms. The van der Waals surface area contributed by atoms with Crippen molar-refractivity contribution in [3.8, 4) is 11.4 Å². The Bertz CT molecular complexity index is 981. The molecule has 3 aromatic rings. The van der Waals surface area contributed by atoms with Crippen LogP contribution in [-0.2, 0) is 19.4 Å². The zero-order valence-corrected chi connectivity index (χ0v) is 14.4. The Morgan fingerprint density at radius 2 is 2.04 bits per heavy atom. The maximum Gasteiger partial charge on any atom is 0.271 e. The van der Waals surface area contributed by atoms with E-state index in [9.17, 15) is 10.1 Å². The highest BCUT2D eigenvalue weighted by Gasteiger charge is 2.13. The van der Waals surface area contributed by atoms with Crippen LogP contribution in [0.25, 0.3) is 5.69 Å². The van der Waals surface area contributed by atoms with Gasteiger partial charge < -0.3 is 4.74 Å². The predicted octanol–water partition coefficient (Wildman–Crippen LogP) is 3.55. The minimum atomic E-state index is -0.419. The summed E-state index contributed by atoms with van der Waals surface area (Å²) in [5.74, 6) is 0.826. The normalized spacial score (nSPS) is 12.8. The summed E-state index contributed by atoms with van der Waals surface area (Å²) in [6, 6.07) is 10.9. The van der Waals surface area contributed by atoms with Crippen molar-refractivity contribution in [3.05, 3.63) is 75.1 Å². The second-order valence-electron chi connectivity index (χ2n) is 6.46. The van der Waals surface area contributed by atoms with E-state index < -0.39 is 4.92 Å². The molecule has 0 radical (unpaired) electrons. The van der Waals surface area contributed by atoms with Crippen LogP contribution in [0.2, 0.25) is 0 Å². The van der Waals surface area contributed by atoms with Crippen molar-refractivity contribution in [1.82, 2.24) is 15.0 Å². The van der Waals surface area contributed by atoms with Crippen molar-refractivity contribution in [2.24, 2.45) is 0 Å². The van der Waals surface area contributed by atoms with Gasteiger partial charge >= 0.3 is 0 Å². The number of nitro groups is 1. The minimum Gasteiger partial charge on any atom is -0.487 e. The molecule has 0 aliphatic heterocycles. The number of hydrogen-bond acceptors (Lipinski definition) is 5. The van der Waals surface area contributed by atoms with Gasteiger partial charge in [0.15, 0.2) is 0 Å². The Kier molecular flexibility index (Phi) is 4.12. The van der Waals surface area contributed by atoms with Gasteiger partial charge in [0.05, 0.1) is 16.8 Å². The van der Waals surface area contributed by atoms with E-state index in [2.05, 4.69) is 22.4 Å². The summed E-state index contributed by atoms with van der Waals surface area (Å²) in [6.07, 6.45) is 5.19. The summed E-state index contributed by atoms with van der Waals surface area (Å²) in [5, 5.41) is 19.2. The van der Waals surface area contributed by atoms with E-state index in [0.717, 1.165) is 24.2 Å². The fourth-order valence-corrected chi connectivity index (χ4v) is 3.24. The van der Waals surface area contributed by atoms with Crippen LogP contribution in [0.4, 0.5) is 5.69 Å². The van der Waals surface area contributed by atoms with Crippen LogP contribution >= 0.6 is 0 Å². The lowest BCUT2D eigenvalue weighted by atomic mass is 10.1. The third-order valence-corrected chi connectivity index (χ3v) is 4.65. The highest BCUT2D eigenvalue weighted by Crippen LogP contribution is 2.26. The van der Waals surface area contributed by atoms with Gasteiger partial charge in [0.1, 0.15) is 18.1 Å². The number of fused-ring (bicyclic) bond motifs is 1. The second kappa shape index (κ2) is 6.59. The number of rotatable bonds is 5. The van der Waals surface area contributed by atoms with Crippen LogP contribution in [0.5, 0.6) is 5.75 Å². The molecule has 1 aromatic heterocycles. The SMILES string of the molecule is Cc1ccc([N+](=O)[O-])cc1-n1cc(COc2ccc3c(c2)CCC3)nn1. The van der Waals surface area contributed by atoms with E-state index in [1.54, 1.807) is 16.9 Å². The lowest BCUT2D eigenvalue weighted by molar-refractivity contribution is -0.384. The van der Waals surface area contributed by atoms with Gasteiger partial charge in [0.25, 0.3) is 5.69 Å². The average molecular weight is 350 g/mol. The fourth-order valence-electron chi connectivity index (χ4n) is 3.24. The smallest absolute Gasteiger partial charge is 0.271 e. The van der Waals surface area contributed by atoms with E-state index in [1.165, 1.54) is 29.7 Å². The molecule has 0 saturated carbocycles. The summed E-state index contributed by atoms with van der Waals surface area (Å²) in [4.78, 5) is 10.6. The van der Waals surface area contributed by atoms with Crippen molar-refractivity contribution < 1.29 is 9.66 Å². The Labute approximate surface area is 150 Å². The number of aromatic nitrogens is 3. The van der Waals surface area contributed by atoms with Crippen molar-refractivity contribution >= 4 is 5.69 Å². The molecule has 0 fully saturated rings. The number of non-ortho nitro benzene ring substituents is 1. The molecule has 0 bridgehead atoms. The number of hydrogen-bond donors (Lipinski definition) is 0. The Balaban J connectivity index is 1.50. The molecular weight excluding hydrogens is 332 g/mol. The number of ether oxygens (including phenoxy) is 1. The standard InChI is InChI=1S/C19H18N4O3/c1-13-5-7-17(23(24)25)10-19(13)22-11-16(20-21-22)12-26-18-8-6-14-3-2-4-15(14)9-18/h5-11H,2-4,12H2,1H3. The Morgan fingerprint density at radius 3 is 2.88 bits per heavy atom. The first-order valence-electron chi connectivity index (χ1n) is 8.51. The molecular formula is C19H18N4O3. The van der Waals surface area contributed by atoms with Gasteiger partial charge in [-0.25, -0.2) is 4.68 Å². The summed E-state index contributed by atoms with van der Waals surface area (Å²) in [7, 11) is 0. The average Bonchev–Trinajstić information content (AvgIpc) is 3.29. The Morgan fingerprint density at radius 1 is 1.19 bits per heavy atom. The molecule has 1 aliphatic carbocycles. The number of nitro benzene ring substituents is 1. The largest absolute Gasteiger partial charge is 0.487 e. The fraction of sp³-hybridized carbons (Fsp3) is 0.263. The van der Waals surface area contributed by atoms with Gasteiger partial charge in [-0.2, -0.15) is 0 Å². The van der Waals surface area contributed by atoms with Crippen molar-refractivity contribution in [2.75, 3.05) is 0 Å². The van der Waals surface area contributed by atoms with Gasteiger partial charge in [-0.05, 0) is 55.0 Å². The third-order valence-electron chi connectivity index (χ3n) is 4.65. The van der Waals surface area contributed by atoms with Crippen LogP contribution in [0.3, 0.4) is 0 Å². The quantitative estimate of drug-likeness (QED) is 0.519. The number of nitrogens with zero attached hydrogens (tertiary/aromatic N) is 4. The van der Waals surface area contributed by atoms with E-state index in [1.807, 2.05) is 13.0 Å². The van der Waals surface area contributed by atoms with Gasteiger partial charge in [0, 0.05) is 12.1 Å². The minimum absolute atomic E-state index is 0.0250. The molecule has 0 N–H and O–H groups in total. The van der Waals surface area contributed by atoms with Gasteiger partial charge in [0.2, 0.25) is 0 Å². The molecule has 7 heteroatoms. The molecule has 0 atom stereocenters. The van der Waals surface area contributed by atoms with Gasteiger partial charge in [-0.3, -0.25) is 10.1 Å². The van der Waals surface area contributed by atoms with Crippen molar-refractivity contribution in [1.29, 1.82) is 0 Å². The summed E-state index contributed by atoms with van der Waals surface area (Å²) in [6.45, 7) is 2.17. The van der Waals surface area contributed by atoms with E-state index in [0.29, 0.717) is 18.0 Å². The van der Waals surface area contributed by atoms with Crippen LogP contribution < -0.4 is 4.74 Å². The first-order chi connectivity index (χ1) is 12.6. The first-order valence-corrected chi connectivity index (χ1v) is 8.51. The summed E-state index contributed by atoms with van der Waals surface area (Å²) < 4.78 is 7.38. The molecule has 132 valence electrons. The predicted molar refractivity (Wildman–Crippen MR) is 95.5 cm³/mol. The lowest BCUT2D eigenvalue weighted by Gasteiger charge is -2.06. The molecule has 4 rings (SSSR count). The monoisotopic (exact) mass is 350 g/mol. The van der Waals surface area contributed by atoms with E-state index in [4.69, 9.17) is 4.74 Å². The van der Waals surface area contributed by atoms with Crippen LogP contribution in [0.1, 0.15) is 28.8 Å². The molecule has 0 spiro atoms. The van der Waals surface area contributed by atoms with E-state index in [-0.39, 0.29) is 5.69 Å². The number of aryl methyl sites for hydroxylation is 3. The lowest BCUT2D eigenvalue weighted by Crippen LogP contribution is -1.99.